The number of hydrogen-bond acceptors (Lipinski definition) is 4. The van der Waals surface area contributed by atoms with Gasteiger partial charge in [-0.15, -0.1) is 12.4 Å². The second-order valence-electron chi connectivity index (χ2n) is 6.43. The molecule has 0 radical (unpaired) electrons. The average molecular weight is 424 g/mol. The Balaban J connectivity index is 0.00000243. The van der Waals surface area contributed by atoms with Crippen LogP contribution in [0, 0.1) is 0 Å². The van der Waals surface area contributed by atoms with Crippen LogP contribution < -0.4 is 4.74 Å². The Hall–Kier alpha value is -0.720. The second kappa shape index (κ2) is 10.6. The van der Waals surface area contributed by atoms with Crippen molar-refractivity contribution >= 4 is 41.5 Å². The van der Waals surface area contributed by atoms with Crippen molar-refractivity contribution in [1.82, 2.24) is 9.80 Å². The molecule has 2 fully saturated rings. The molecule has 0 aliphatic carbocycles. The van der Waals surface area contributed by atoms with Gasteiger partial charge in [0.05, 0.1) is 23.1 Å². The van der Waals surface area contributed by atoms with Gasteiger partial charge in [0, 0.05) is 51.5 Å². The van der Waals surface area contributed by atoms with Crippen molar-refractivity contribution in [1.29, 1.82) is 0 Å². The zero-order valence-corrected chi connectivity index (χ0v) is 17.0. The average Bonchev–Trinajstić information content (AvgIpc) is 2.65. The van der Waals surface area contributed by atoms with E-state index < -0.39 is 0 Å². The Morgan fingerprint density at radius 1 is 1.12 bits per heavy atom. The zero-order valence-electron chi connectivity index (χ0n) is 14.7. The van der Waals surface area contributed by atoms with Crippen LogP contribution in [0.25, 0.3) is 0 Å². The largest absolute Gasteiger partial charge is 0.493 e. The third-order valence-corrected chi connectivity index (χ3v) is 5.59. The molecule has 146 valence electrons. The SMILES string of the molecule is Cl.O=C(CCOc1ccc(Cl)c(Cl)c1)N1CCN(C2CCOCC2)CC1. The van der Waals surface area contributed by atoms with Gasteiger partial charge >= 0.3 is 0 Å². The Kier molecular flexibility index (Phi) is 8.77. The van der Waals surface area contributed by atoms with Gasteiger partial charge in [0.15, 0.2) is 0 Å². The van der Waals surface area contributed by atoms with Crippen LogP contribution in [-0.4, -0.2) is 67.7 Å². The first-order valence-electron chi connectivity index (χ1n) is 8.81. The molecule has 5 nitrogen and oxygen atoms in total. The maximum Gasteiger partial charge on any atom is 0.226 e. The van der Waals surface area contributed by atoms with Crippen molar-refractivity contribution in [2.45, 2.75) is 25.3 Å². The molecule has 2 aliphatic heterocycles. The maximum atomic E-state index is 12.4. The third-order valence-electron chi connectivity index (χ3n) is 4.85. The van der Waals surface area contributed by atoms with Crippen LogP contribution in [0.15, 0.2) is 18.2 Å². The normalized spacial score (nSPS) is 19.1. The van der Waals surface area contributed by atoms with E-state index >= 15 is 0 Å². The number of halogens is 3. The molecular formula is C18H25Cl3N2O3. The lowest BCUT2D eigenvalue weighted by atomic mass is 10.1. The molecule has 1 aromatic carbocycles. The van der Waals surface area contributed by atoms with Crippen LogP contribution in [0.1, 0.15) is 19.3 Å². The van der Waals surface area contributed by atoms with E-state index in [-0.39, 0.29) is 18.3 Å². The smallest absolute Gasteiger partial charge is 0.226 e. The van der Waals surface area contributed by atoms with Crippen molar-refractivity contribution in [3.8, 4) is 5.75 Å². The fourth-order valence-corrected chi connectivity index (χ4v) is 3.66. The summed E-state index contributed by atoms with van der Waals surface area (Å²) in [4.78, 5) is 16.8. The molecule has 2 heterocycles. The zero-order chi connectivity index (χ0) is 17.6. The summed E-state index contributed by atoms with van der Waals surface area (Å²) >= 11 is 11.8. The molecule has 0 saturated carbocycles. The Labute approximate surface area is 170 Å². The third kappa shape index (κ3) is 5.89. The number of nitrogens with zero attached hydrogens (tertiary/aromatic N) is 2. The Morgan fingerprint density at radius 2 is 1.81 bits per heavy atom. The van der Waals surface area contributed by atoms with Gasteiger partial charge in [0.2, 0.25) is 5.91 Å². The Bertz CT molecular complexity index is 589. The van der Waals surface area contributed by atoms with E-state index in [4.69, 9.17) is 32.7 Å². The van der Waals surface area contributed by atoms with Gasteiger partial charge in [-0.25, -0.2) is 0 Å². The summed E-state index contributed by atoms with van der Waals surface area (Å²) in [5.41, 5.74) is 0. The second-order valence-corrected chi connectivity index (χ2v) is 7.25. The van der Waals surface area contributed by atoms with Crippen molar-refractivity contribution in [2.75, 3.05) is 46.0 Å². The van der Waals surface area contributed by atoms with Crippen molar-refractivity contribution in [2.24, 2.45) is 0 Å². The first kappa shape index (κ1) is 21.6. The molecule has 0 spiro atoms. The summed E-state index contributed by atoms with van der Waals surface area (Å²) in [6, 6.07) is 5.73. The first-order chi connectivity index (χ1) is 12.1. The number of amides is 1. The van der Waals surface area contributed by atoms with E-state index in [0.717, 1.165) is 52.2 Å². The first-order valence-corrected chi connectivity index (χ1v) is 9.56. The van der Waals surface area contributed by atoms with Crippen LogP contribution in [-0.2, 0) is 9.53 Å². The number of hydrogen-bond donors (Lipinski definition) is 0. The van der Waals surface area contributed by atoms with Crippen LogP contribution in [0.5, 0.6) is 5.75 Å². The minimum Gasteiger partial charge on any atom is -0.493 e. The maximum absolute atomic E-state index is 12.4. The molecule has 3 rings (SSSR count). The lowest BCUT2D eigenvalue weighted by Gasteiger charge is -2.40. The molecule has 1 aromatic rings. The highest BCUT2D eigenvalue weighted by atomic mass is 35.5. The summed E-state index contributed by atoms with van der Waals surface area (Å²) in [7, 11) is 0. The van der Waals surface area contributed by atoms with Gasteiger partial charge in [-0.1, -0.05) is 23.2 Å². The minimum absolute atomic E-state index is 0. The molecule has 0 N–H and O–H groups in total. The summed E-state index contributed by atoms with van der Waals surface area (Å²) in [6.07, 6.45) is 2.58. The van der Waals surface area contributed by atoms with E-state index in [9.17, 15) is 4.79 Å². The number of piperazine rings is 1. The number of rotatable bonds is 5. The van der Waals surface area contributed by atoms with E-state index in [1.54, 1.807) is 18.2 Å². The van der Waals surface area contributed by atoms with Crippen LogP contribution >= 0.6 is 35.6 Å². The van der Waals surface area contributed by atoms with Crippen LogP contribution in [0.4, 0.5) is 0 Å². The van der Waals surface area contributed by atoms with Crippen LogP contribution in [0.3, 0.4) is 0 Å². The number of benzene rings is 1. The molecule has 8 heteroatoms. The molecule has 2 saturated heterocycles. The van der Waals surface area contributed by atoms with Gasteiger partial charge in [0.25, 0.3) is 0 Å². The van der Waals surface area contributed by atoms with Gasteiger partial charge < -0.3 is 14.4 Å². The van der Waals surface area contributed by atoms with E-state index in [0.29, 0.717) is 34.9 Å². The molecule has 0 aromatic heterocycles. The molecule has 1 amide bonds. The molecule has 0 atom stereocenters. The summed E-state index contributed by atoms with van der Waals surface area (Å²) in [5.74, 6) is 0.776. The van der Waals surface area contributed by atoms with Gasteiger partial charge in [0.1, 0.15) is 5.75 Å². The fourth-order valence-electron chi connectivity index (χ4n) is 3.37. The fraction of sp³-hybridized carbons (Fsp3) is 0.611. The molecule has 0 bridgehead atoms. The van der Waals surface area contributed by atoms with Crippen LogP contribution in [0.2, 0.25) is 10.0 Å². The van der Waals surface area contributed by atoms with Gasteiger partial charge in [-0.3, -0.25) is 9.69 Å². The van der Waals surface area contributed by atoms with Crippen molar-refractivity contribution in [3.05, 3.63) is 28.2 Å². The molecular weight excluding hydrogens is 399 g/mol. The highest BCUT2D eigenvalue weighted by Crippen LogP contribution is 2.26. The Morgan fingerprint density at radius 3 is 2.46 bits per heavy atom. The highest BCUT2D eigenvalue weighted by Gasteiger charge is 2.27. The summed E-state index contributed by atoms with van der Waals surface area (Å²) in [5, 5.41) is 0.947. The lowest BCUT2D eigenvalue weighted by molar-refractivity contribution is -0.134. The van der Waals surface area contributed by atoms with E-state index in [1.807, 2.05) is 4.90 Å². The predicted molar refractivity (Wildman–Crippen MR) is 106 cm³/mol. The number of carbonyl (C=O) groups is 1. The minimum atomic E-state index is 0. The van der Waals surface area contributed by atoms with Gasteiger partial charge in [-0.2, -0.15) is 0 Å². The predicted octanol–water partition coefficient (Wildman–Crippen LogP) is 3.51. The summed E-state index contributed by atoms with van der Waals surface area (Å²) in [6.45, 7) is 5.54. The van der Waals surface area contributed by atoms with Crippen molar-refractivity contribution in [3.63, 3.8) is 0 Å². The van der Waals surface area contributed by atoms with Gasteiger partial charge in [-0.05, 0) is 25.0 Å². The topological polar surface area (TPSA) is 42.0 Å². The molecule has 26 heavy (non-hydrogen) atoms. The standard InChI is InChI=1S/C18H24Cl2N2O3.ClH/c19-16-2-1-15(13-17(16)20)25-12-5-18(23)22-8-6-21(7-9-22)14-3-10-24-11-4-14;/h1-2,13-14H,3-12H2;1H. The quantitative estimate of drug-likeness (QED) is 0.727. The highest BCUT2D eigenvalue weighted by molar-refractivity contribution is 6.42. The summed E-state index contributed by atoms with van der Waals surface area (Å²) < 4.78 is 11.0. The lowest BCUT2D eigenvalue weighted by Crippen LogP contribution is -2.53. The number of ether oxygens (including phenoxy) is 2. The molecule has 0 unspecified atom stereocenters. The van der Waals surface area contributed by atoms with E-state index in [1.165, 1.54) is 0 Å². The molecule has 2 aliphatic rings. The monoisotopic (exact) mass is 422 g/mol. The van der Waals surface area contributed by atoms with Crippen molar-refractivity contribution < 1.29 is 14.3 Å². The number of carbonyl (C=O) groups excluding carboxylic acids is 1. The van der Waals surface area contributed by atoms with E-state index in [2.05, 4.69) is 4.90 Å².